The van der Waals surface area contributed by atoms with E-state index in [1.165, 1.54) is 0 Å². The molecule has 1 fully saturated rings. The summed E-state index contributed by atoms with van der Waals surface area (Å²) < 4.78 is 5.45. The van der Waals surface area contributed by atoms with Crippen molar-refractivity contribution in [1.82, 2.24) is 16.0 Å². The molecule has 3 N–H and O–H groups in total. The fraction of sp³-hybridized carbons (Fsp3) is 0.529. The molecule has 0 bridgehead atoms. The van der Waals surface area contributed by atoms with Crippen LogP contribution < -0.4 is 20.7 Å². The Balaban J connectivity index is 0.00000288. The van der Waals surface area contributed by atoms with Crippen molar-refractivity contribution in [2.75, 3.05) is 26.2 Å². The van der Waals surface area contributed by atoms with Crippen LogP contribution in [0.15, 0.2) is 24.3 Å². The van der Waals surface area contributed by atoms with E-state index in [4.69, 9.17) is 4.74 Å². The van der Waals surface area contributed by atoms with Crippen LogP contribution in [0.3, 0.4) is 0 Å². The number of hydrogen-bond donors (Lipinski definition) is 3. The Kier molecular flexibility index (Phi) is 9.19. The van der Waals surface area contributed by atoms with Gasteiger partial charge < -0.3 is 20.7 Å². The lowest BCUT2D eigenvalue weighted by atomic mass is 10.2. The fourth-order valence-electron chi connectivity index (χ4n) is 2.56. The van der Waals surface area contributed by atoms with Gasteiger partial charge in [-0.05, 0) is 38.4 Å². The van der Waals surface area contributed by atoms with Gasteiger partial charge in [-0.25, -0.2) is 0 Å². The Morgan fingerprint density at radius 2 is 2.12 bits per heavy atom. The van der Waals surface area contributed by atoms with Crippen molar-refractivity contribution in [1.29, 1.82) is 0 Å². The van der Waals surface area contributed by atoms with E-state index in [9.17, 15) is 9.59 Å². The molecule has 1 saturated heterocycles. The summed E-state index contributed by atoms with van der Waals surface area (Å²) in [6, 6.07) is 7.40. The molecular weight excluding hydrogens is 330 g/mol. The number of ether oxygens (including phenoxy) is 1. The number of rotatable bonds is 8. The summed E-state index contributed by atoms with van der Waals surface area (Å²) in [5.74, 6) is 0.455. The first-order chi connectivity index (χ1) is 11.2. The number of amides is 2. The third-order valence-electron chi connectivity index (χ3n) is 3.72. The second-order valence-corrected chi connectivity index (χ2v) is 5.55. The van der Waals surface area contributed by atoms with Crippen molar-refractivity contribution >= 4 is 24.2 Å². The molecule has 0 aliphatic carbocycles. The number of carbonyl (C=O) groups excluding carboxylic acids is 2. The standard InChI is InChI=1S/C17H25N3O3.ClH/c1-2-23-15-7-4-3-6-14(15)17(22)19-10-5-8-16(21)20-13-9-11-18-12-13;/h3-4,6-7,13,18H,2,5,8-12H2,1H3,(H,19,22)(H,20,21);1H. The molecule has 0 saturated carbocycles. The van der Waals surface area contributed by atoms with Crippen molar-refractivity contribution in [2.24, 2.45) is 0 Å². The molecule has 2 amide bonds. The van der Waals surface area contributed by atoms with Crippen LogP contribution in [-0.2, 0) is 4.79 Å². The van der Waals surface area contributed by atoms with Crippen LogP contribution in [0.5, 0.6) is 5.75 Å². The highest BCUT2D eigenvalue weighted by Gasteiger charge is 2.16. The molecule has 24 heavy (non-hydrogen) atoms. The Morgan fingerprint density at radius 1 is 1.33 bits per heavy atom. The van der Waals surface area contributed by atoms with E-state index >= 15 is 0 Å². The lowest BCUT2D eigenvalue weighted by molar-refractivity contribution is -0.121. The van der Waals surface area contributed by atoms with Gasteiger partial charge in [-0.1, -0.05) is 12.1 Å². The Labute approximate surface area is 149 Å². The summed E-state index contributed by atoms with van der Waals surface area (Å²) in [7, 11) is 0. The first kappa shape index (κ1) is 20.3. The third-order valence-corrected chi connectivity index (χ3v) is 3.72. The molecule has 7 heteroatoms. The van der Waals surface area contributed by atoms with Crippen LogP contribution in [0.1, 0.15) is 36.5 Å². The molecule has 1 aromatic carbocycles. The quantitative estimate of drug-likeness (QED) is 0.617. The molecule has 1 aromatic rings. The largest absolute Gasteiger partial charge is 0.493 e. The zero-order valence-electron chi connectivity index (χ0n) is 14.0. The molecular formula is C17H26ClN3O3. The minimum Gasteiger partial charge on any atom is -0.493 e. The van der Waals surface area contributed by atoms with Crippen LogP contribution in [0.2, 0.25) is 0 Å². The number of hydrogen-bond acceptors (Lipinski definition) is 4. The molecule has 1 atom stereocenters. The SMILES string of the molecule is CCOc1ccccc1C(=O)NCCCC(=O)NC1CCNC1.Cl. The number of carbonyl (C=O) groups is 2. The third kappa shape index (κ3) is 6.37. The first-order valence-electron chi connectivity index (χ1n) is 8.20. The highest BCUT2D eigenvalue weighted by atomic mass is 35.5. The predicted octanol–water partition coefficient (Wildman–Crippen LogP) is 1.50. The summed E-state index contributed by atoms with van der Waals surface area (Å²) in [5, 5.41) is 9.04. The van der Waals surface area contributed by atoms with E-state index in [2.05, 4.69) is 16.0 Å². The zero-order chi connectivity index (χ0) is 16.5. The molecule has 0 spiro atoms. The van der Waals surface area contributed by atoms with Crippen LogP contribution in [0, 0.1) is 0 Å². The molecule has 1 heterocycles. The monoisotopic (exact) mass is 355 g/mol. The van der Waals surface area contributed by atoms with Crippen LogP contribution in [0.25, 0.3) is 0 Å². The van der Waals surface area contributed by atoms with Crippen LogP contribution in [-0.4, -0.2) is 44.1 Å². The maximum absolute atomic E-state index is 12.2. The summed E-state index contributed by atoms with van der Waals surface area (Å²) >= 11 is 0. The normalized spacial score (nSPS) is 16.1. The molecule has 1 aliphatic heterocycles. The van der Waals surface area contributed by atoms with E-state index in [1.807, 2.05) is 13.0 Å². The Hall–Kier alpha value is -1.79. The fourth-order valence-corrected chi connectivity index (χ4v) is 2.56. The van der Waals surface area contributed by atoms with Crippen molar-refractivity contribution in [3.05, 3.63) is 29.8 Å². The minimum absolute atomic E-state index is 0. The second kappa shape index (κ2) is 10.9. The van der Waals surface area contributed by atoms with E-state index in [0.717, 1.165) is 19.5 Å². The van der Waals surface area contributed by atoms with Crippen molar-refractivity contribution < 1.29 is 14.3 Å². The summed E-state index contributed by atoms with van der Waals surface area (Å²) in [4.78, 5) is 23.9. The van der Waals surface area contributed by atoms with Gasteiger partial charge in [-0.2, -0.15) is 0 Å². The number of halogens is 1. The predicted molar refractivity (Wildman–Crippen MR) is 95.8 cm³/mol. The van der Waals surface area contributed by atoms with Gasteiger partial charge in [0.05, 0.1) is 12.2 Å². The average Bonchev–Trinajstić information content (AvgIpc) is 3.05. The lowest BCUT2D eigenvalue weighted by Gasteiger charge is -2.12. The number of benzene rings is 1. The second-order valence-electron chi connectivity index (χ2n) is 5.55. The van der Waals surface area contributed by atoms with Gasteiger partial charge in [0.1, 0.15) is 5.75 Å². The molecule has 134 valence electrons. The maximum atomic E-state index is 12.2. The van der Waals surface area contributed by atoms with Gasteiger partial charge in [0.15, 0.2) is 0 Å². The molecule has 0 radical (unpaired) electrons. The van der Waals surface area contributed by atoms with E-state index in [-0.39, 0.29) is 30.3 Å². The van der Waals surface area contributed by atoms with Gasteiger partial charge in [0.25, 0.3) is 5.91 Å². The van der Waals surface area contributed by atoms with E-state index < -0.39 is 0 Å². The average molecular weight is 356 g/mol. The van der Waals surface area contributed by atoms with Crippen molar-refractivity contribution in [3.8, 4) is 5.75 Å². The van der Waals surface area contributed by atoms with E-state index in [1.54, 1.807) is 18.2 Å². The minimum atomic E-state index is -0.172. The molecule has 6 nitrogen and oxygen atoms in total. The Morgan fingerprint density at radius 3 is 2.83 bits per heavy atom. The van der Waals surface area contributed by atoms with Gasteiger partial charge in [0, 0.05) is 25.6 Å². The maximum Gasteiger partial charge on any atom is 0.255 e. The van der Waals surface area contributed by atoms with Crippen LogP contribution in [0.4, 0.5) is 0 Å². The number of nitrogens with one attached hydrogen (secondary N) is 3. The molecule has 1 unspecified atom stereocenters. The Bertz CT molecular complexity index is 534. The van der Waals surface area contributed by atoms with Crippen molar-refractivity contribution in [3.63, 3.8) is 0 Å². The smallest absolute Gasteiger partial charge is 0.255 e. The van der Waals surface area contributed by atoms with Gasteiger partial charge in [0.2, 0.25) is 5.91 Å². The van der Waals surface area contributed by atoms with Gasteiger partial charge >= 0.3 is 0 Å². The molecule has 2 rings (SSSR count). The highest BCUT2D eigenvalue weighted by molar-refractivity contribution is 5.96. The highest BCUT2D eigenvalue weighted by Crippen LogP contribution is 2.17. The molecule has 1 aliphatic rings. The van der Waals surface area contributed by atoms with Gasteiger partial charge in [-0.15, -0.1) is 12.4 Å². The topological polar surface area (TPSA) is 79.5 Å². The number of para-hydroxylation sites is 1. The van der Waals surface area contributed by atoms with Gasteiger partial charge in [-0.3, -0.25) is 9.59 Å². The van der Waals surface area contributed by atoms with E-state index in [0.29, 0.717) is 37.3 Å². The van der Waals surface area contributed by atoms with Crippen LogP contribution >= 0.6 is 12.4 Å². The summed E-state index contributed by atoms with van der Waals surface area (Å²) in [6.45, 7) is 4.67. The first-order valence-corrected chi connectivity index (χ1v) is 8.20. The molecule has 0 aromatic heterocycles. The van der Waals surface area contributed by atoms with Crippen molar-refractivity contribution in [2.45, 2.75) is 32.2 Å². The lowest BCUT2D eigenvalue weighted by Crippen LogP contribution is -2.36. The zero-order valence-corrected chi connectivity index (χ0v) is 14.8. The summed E-state index contributed by atoms with van der Waals surface area (Å²) in [6.07, 6.45) is 2.02. The summed E-state index contributed by atoms with van der Waals surface area (Å²) in [5.41, 5.74) is 0.524.